The van der Waals surface area contributed by atoms with E-state index in [0.29, 0.717) is 18.1 Å². The molecule has 2 aromatic carbocycles. The summed E-state index contributed by atoms with van der Waals surface area (Å²) >= 11 is 0. The van der Waals surface area contributed by atoms with Crippen LogP contribution in [0.3, 0.4) is 0 Å². The Hall–Kier alpha value is -2.20. The minimum absolute atomic E-state index is 0.332. The minimum atomic E-state index is -0.332. The molecular formula is C16H19NO3. The van der Waals surface area contributed by atoms with Gasteiger partial charge in [0.05, 0.1) is 25.8 Å². The van der Waals surface area contributed by atoms with Crippen molar-refractivity contribution in [1.82, 2.24) is 0 Å². The summed E-state index contributed by atoms with van der Waals surface area (Å²) in [6.45, 7) is 0.348. The predicted molar refractivity (Wildman–Crippen MR) is 78.4 cm³/mol. The van der Waals surface area contributed by atoms with Crippen molar-refractivity contribution in [2.75, 3.05) is 20.8 Å². The molecule has 2 N–H and O–H groups in total. The SMILES string of the molecule is COc1cccc(OC)c1C(N)COc1ccccc1. The van der Waals surface area contributed by atoms with Crippen LogP contribution in [0.15, 0.2) is 48.5 Å². The highest BCUT2D eigenvalue weighted by Crippen LogP contribution is 2.33. The monoisotopic (exact) mass is 273 g/mol. The van der Waals surface area contributed by atoms with Crippen LogP contribution in [0.25, 0.3) is 0 Å². The smallest absolute Gasteiger partial charge is 0.127 e. The number of para-hydroxylation sites is 1. The molecule has 2 rings (SSSR count). The Kier molecular flexibility index (Phi) is 4.85. The Morgan fingerprint density at radius 3 is 2.05 bits per heavy atom. The van der Waals surface area contributed by atoms with Crippen molar-refractivity contribution in [1.29, 1.82) is 0 Å². The summed E-state index contributed by atoms with van der Waals surface area (Å²) in [5, 5.41) is 0. The largest absolute Gasteiger partial charge is 0.496 e. The van der Waals surface area contributed by atoms with Gasteiger partial charge in [0.25, 0.3) is 0 Å². The molecule has 0 spiro atoms. The van der Waals surface area contributed by atoms with E-state index in [2.05, 4.69) is 0 Å². The van der Waals surface area contributed by atoms with Crippen LogP contribution >= 0.6 is 0 Å². The summed E-state index contributed by atoms with van der Waals surface area (Å²) in [6.07, 6.45) is 0. The lowest BCUT2D eigenvalue weighted by atomic mass is 10.1. The van der Waals surface area contributed by atoms with E-state index in [9.17, 15) is 0 Å². The van der Waals surface area contributed by atoms with Crippen molar-refractivity contribution in [3.63, 3.8) is 0 Å². The van der Waals surface area contributed by atoms with Gasteiger partial charge < -0.3 is 19.9 Å². The van der Waals surface area contributed by atoms with Crippen molar-refractivity contribution < 1.29 is 14.2 Å². The third kappa shape index (κ3) is 3.22. The second-order valence-corrected chi connectivity index (χ2v) is 4.31. The van der Waals surface area contributed by atoms with Gasteiger partial charge in [-0.15, -0.1) is 0 Å². The molecular weight excluding hydrogens is 254 g/mol. The average molecular weight is 273 g/mol. The van der Waals surface area contributed by atoms with Gasteiger partial charge in [0, 0.05) is 0 Å². The fourth-order valence-corrected chi connectivity index (χ4v) is 2.03. The molecule has 0 bridgehead atoms. The molecule has 0 amide bonds. The Labute approximate surface area is 119 Å². The number of hydrogen-bond donors (Lipinski definition) is 1. The normalized spacial score (nSPS) is 11.8. The molecule has 1 unspecified atom stereocenters. The van der Waals surface area contributed by atoms with Crippen molar-refractivity contribution >= 4 is 0 Å². The van der Waals surface area contributed by atoms with Crippen LogP contribution in [-0.4, -0.2) is 20.8 Å². The van der Waals surface area contributed by atoms with E-state index >= 15 is 0 Å². The maximum absolute atomic E-state index is 6.21. The molecule has 20 heavy (non-hydrogen) atoms. The molecule has 0 fully saturated rings. The van der Waals surface area contributed by atoms with Gasteiger partial charge in [-0.3, -0.25) is 0 Å². The maximum Gasteiger partial charge on any atom is 0.127 e. The third-order valence-corrected chi connectivity index (χ3v) is 3.01. The predicted octanol–water partition coefficient (Wildman–Crippen LogP) is 2.78. The fourth-order valence-electron chi connectivity index (χ4n) is 2.03. The molecule has 2 aromatic rings. The van der Waals surface area contributed by atoms with Gasteiger partial charge in [-0.25, -0.2) is 0 Å². The topological polar surface area (TPSA) is 53.7 Å². The molecule has 0 saturated heterocycles. The van der Waals surface area contributed by atoms with E-state index in [-0.39, 0.29) is 6.04 Å². The van der Waals surface area contributed by atoms with E-state index < -0.39 is 0 Å². The van der Waals surface area contributed by atoms with E-state index in [0.717, 1.165) is 11.3 Å². The maximum atomic E-state index is 6.21. The van der Waals surface area contributed by atoms with Gasteiger partial charge in [-0.05, 0) is 24.3 Å². The first-order valence-electron chi connectivity index (χ1n) is 6.40. The molecule has 0 heterocycles. The summed E-state index contributed by atoms with van der Waals surface area (Å²) in [4.78, 5) is 0. The molecule has 106 valence electrons. The lowest BCUT2D eigenvalue weighted by Gasteiger charge is -2.19. The second-order valence-electron chi connectivity index (χ2n) is 4.31. The van der Waals surface area contributed by atoms with Gasteiger partial charge in [0.1, 0.15) is 23.9 Å². The van der Waals surface area contributed by atoms with Crippen LogP contribution in [0, 0.1) is 0 Å². The van der Waals surface area contributed by atoms with Gasteiger partial charge >= 0.3 is 0 Å². The third-order valence-electron chi connectivity index (χ3n) is 3.01. The Morgan fingerprint density at radius 2 is 1.50 bits per heavy atom. The number of methoxy groups -OCH3 is 2. The lowest BCUT2D eigenvalue weighted by molar-refractivity contribution is 0.281. The highest BCUT2D eigenvalue weighted by molar-refractivity contribution is 5.47. The van der Waals surface area contributed by atoms with Crippen LogP contribution in [0.4, 0.5) is 0 Å². The standard InChI is InChI=1S/C16H19NO3/c1-18-14-9-6-10-15(19-2)16(14)13(17)11-20-12-7-4-3-5-8-12/h3-10,13H,11,17H2,1-2H3. The van der Waals surface area contributed by atoms with Gasteiger partial charge in [-0.2, -0.15) is 0 Å². The molecule has 0 saturated carbocycles. The highest BCUT2D eigenvalue weighted by atomic mass is 16.5. The van der Waals surface area contributed by atoms with Crippen LogP contribution < -0.4 is 19.9 Å². The van der Waals surface area contributed by atoms with E-state index in [1.54, 1.807) is 14.2 Å². The Bertz CT molecular complexity index is 520. The van der Waals surface area contributed by atoms with Crippen LogP contribution in [0.1, 0.15) is 11.6 Å². The van der Waals surface area contributed by atoms with E-state index in [1.165, 1.54) is 0 Å². The lowest BCUT2D eigenvalue weighted by Crippen LogP contribution is -2.20. The Morgan fingerprint density at radius 1 is 0.900 bits per heavy atom. The minimum Gasteiger partial charge on any atom is -0.496 e. The Balaban J connectivity index is 2.14. The van der Waals surface area contributed by atoms with E-state index in [1.807, 2.05) is 48.5 Å². The van der Waals surface area contributed by atoms with Crippen LogP contribution in [-0.2, 0) is 0 Å². The first-order chi connectivity index (χ1) is 9.76. The van der Waals surface area contributed by atoms with Gasteiger partial charge in [-0.1, -0.05) is 24.3 Å². The number of ether oxygens (including phenoxy) is 3. The fraction of sp³-hybridized carbons (Fsp3) is 0.250. The molecule has 0 aliphatic carbocycles. The first kappa shape index (κ1) is 14.2. The number of nitrogens with two attached hydrogens (primary N) is 1. The van der Waals surface area contributed by atoms with Gasteiger partial charge in [0.2, 0.25) is 0 Å². The molecule has 0 aliphatic heterocycles. The second kappa shape index (κ2) is 6.82. The average Bonchev–Trinajstić information content (AvgIpc) is 2.52. The first-order valence-corrected chi connectivity index (χ1v) is 6.40. The zero-order valence-electron chi connectivity index (χ0n) is 11.7. The van der Waals surface area contributed by atoms with Crippen molar-refractivity contribution in [2.24, 2.45) is 5.73 Å². The number of benzene rings is 2. The van der Waals surface area contributed by atoms with Crippen molar-refractivity contribution in [3.8, 4) is 17.2 Å². The highest BCUT2D eigenvalue weighted by Gasteiger charge is 2.18. The summed E-state index contributed by atoms with van der Waals surface area (Å²) in [7, 11) is 3.23. The molecule has 1 atom stereocenters. The van der Waals surface area contributed by atoms with Crippen molar-refractivity contribution in [3.05, 3.63) is 54.1 Å². The molecule has 0 radical (unpaired) electrons. The summed E-state index contributed by atoms with van der Waals surface area (Å²) in [6, 6.07) is 14.8. The number of hydrogen-bond acceptors (Lipinski definition) is 4. The van der Waals surface area contributed by atoms with Gasteiger partial charge in [0.15, 0.2) is 0 Å². The molecule has 4 heteroatoms. The molecule has 0 aliphatic rings. The van der Waals surface area contributed by atoms with Crippen molar-refractivity contribution in [2.45, 2.75) is 6.04 Å². The summed E-state index contributed by atoms with van der Waals surface area (Å²) < 4.78 is 16.4. The van der Waals surface area contributed by atoms with Crippen LogP contribution in [0.5, 0.6) is 17.2 Å². The molecule has 0 aromatic heterocycles. The van der Waals surface area contributed by atoms with E-state index in [4.69, 9.17) is 19.9 Å². The van der Waals surface area contributed by atoms with Crippen LogP contribution in [0.2, 0.25) is 0 Å². The quantitative estimate of drug-likeness (QED) is 0.879. The number of rotatable bonds is 6. The summed E-state index contributed by atoms with van der Waals surface area (Å²) in [5.41, 5.74) is 7.02. The zero-order valence-corrected chi connectivity index (χ0v) is 11.7. The zero-order chi connectivity index (χ0) is 14.4. The summed E-state index contributed by atoms with van der Waals surface area (Å²) in [5.74, 6) is 2.19. The molecule has 4 nitrogen and oxygen atoms in total.